The molecule has 0 fully saturated rings. The van der Waals surface area contributed by atoms with Crippen LogP contribution in [0.1, 0.15) is 16.7 Å². The Kier molecular flexibility index (Phi) is 3.54. The van der Waals surface area contributed by atoms with Crippen LogP contribution in [0.4, 0.5) is 0 Å². The molecule has 0 aliphatic heterocycles. The molecule has 3 aromatic rings. The second kappa shape index (κ2) is 5.50. The highest BCUT2D eigenvalue weighted by Crippen LogP contribution is 2.31. The Labute approximate surface area is 123 Å². The molecular formula is C17H17N3O. The van der Waals surface area contributed by atoms with E-state index >= 15 is 0 Å². The van der Waals surface area contributed by atoms with E-state index in [9.17, 15) is 5.11 Å². The Morgan fingerprint density at radius 1 is 1.05 bits per heavy atom. The van der Waals surface area contributed by atoms with Crippen molar-refractivity contribution in [3.8, 4) is 0 Å². The summed E-state index contributed by atoms with van der Waals surface area (Å²) in [5, 5.41) is 11.3. The quantitative estimate of drug-likeness (QED) is 0.798. The standard InChI is InChI=1S/C17H17N3O/c1-14-4-6-15(7-5-14)17(21,12-20-10-9-19-13-20)16-3-2-8-18-11-16/h2-11,13,21H,12H2,1H3. The van der Waals surface area contributed by atoms with Gasteiger partial charge in [0.1, 0.15) is 5.60 Å². The zero-order chi connectivity index (χ0) is 14.7. The summed E-state index contributed by atoms with van der Waals surface area (Å²) in [6.07, 6.45) is 8.66. The van der Waals surface area contributed by atoms with E-state index in [4.69, 9.17) is 0 Å². The van der Waals surface area contributed by atoms with E-state index < -0.39 is 5.60 Å². The number of rotatable bonds is 4. The number of hydrogen-bond acceptors (Lipinski definition) is 3. The molecule has 1 aromatic carbocycles. The van der Waals surface area contributed by atoms with Gasteiger partial charge in [0.05, 0.1) is 12.9 Å². The SMILES string of the molecule is Cc1ccc(C(O)(Cn2ccnc2)c2cccnc2)cc1. The first-order chi connectivity index (χ1) is 10.2. The van der Waals surface area contributed by atoms with Crippen molar-refractivity contribution in [2.45, 2.75) is 19.1 Å². The minimum atomic E-state index is -1.14. The lowest BCUT2D eigenvalue weighted by Crippen LogP contribution is -2.32. The van der Waals surface area contributed by atoms with Crippen LogP contribution < -0.4 is 0 Å². The molecule has 0 amide bonds. The molecule has 0 bridgehead atoms. The lowest BCUT2D eigenvalue weighted by Gasteiger charge is -2.29. The van der Waals surface area contributed by atoms with Gasteiger partial charge in [-0.2, -0.15) is 0 Å². The fourth-order valence-electron chi connectivity index (χ4n) is 2.43. The van der Waals surface area contributed by atoms with E-state index in [1.165, 1.54) is 0 Å². The number of nitrogens with zero attached hydrogens (tertiary/aromatic N) is 3. The average molecular weight is 279 g/mol. The van der Waals surface area contributed by atoms with Gasteiger partial charge in [-0.1, -0.05) is 35.9 Å². The van der Waals surface area contributed by atoms with Gasteiger partial charge in [-0.05, 0) is 18.6 Å². The molecule has 0 spiro atoms. The van der Waals surface area contributed by atoms with Crippen LogP contribution in [-0.2, 0) is 12.1 Å². The second-order valence-electron chi connectivity index (χ2n) is 5.20. The molecule has 4 heteroatoms. The van der Waals surface area contributed by atoms with Crippen molar-refractivity contribution in [1.82, 2.24) is 14.5 Å². The average Bonchev–Trinajstić information content (AvgIpc) is 3.01. The first-order valence-corrected chi connectivity index (χ1v) is 6.84. The van der Waals surface area contributed by atoms with Crippen LogP contribution in [0.5, 0.6) is 0 Å². The fourth-order valence-corrected chi connectivity index (χ4v) is 2.43. The minimum Gasteiger partial charge on any atom is -0.378 e. The maximum absolute atomic E-state index is 11.3. The molecule has 0 saturated carbocycles. The van der Waals surface area contributed by atoms with E-state index in [0.717, 1.165) is 16.7 Å². The number of aryl methyl sites for hydroxylation is 1. The van der Waals surface area contributed by atoms with Crippen LogP contribution in [0.3, 0.4) is 0 Å². The van der Waals surface area contributed by atoms with Crippen LogP contribution in [0, 0.1) is 6.92 Å². The van der Waals surface area contributed by atoms with Crippen LogP contribution >= 0.6 is 0 Å². The van der Waals surface area contributed by atoms with Crippen LogP contribution in [0.15, 0.2) is 67.5 Å². The molecule has 3 rings (SSSR count). The molecule has 0 saturated heterocycles. The molecule has 1 N–H and O–H groups in total. The van der Waals surface area contributed by atoms with Crippen molar-refractivity contribution in [2.75, 3.05) is 0 Å². The summed E-state index contributed by atoms with van der Waals surface area (Å²) in [5.41, 5.74) is 1.63. The maximum Gasteiger partial charge on any atom is 0.134 e. The number of hydrogen-bond donors (Lipinski definition) is 1. The van der Waals surface area contributed by atoms with Crippen molar-refractivity contribution < 1.29 is 5.11 Å². The zero-order valence-corrected chi connectivity index (χ0v) is 11.8. The number of pyridine rings is 1. The number of aliphatic hydroxyl groups is 1. The Morgan fingerprint density at radius 3 is 2.48 bits per heavy atom. The Bertz CT molecular complexity index is 693. The molecule has 1 unspecified atom stereocenters. The minimum absolute atomic E-state index is 0.391. The third-order valence-electron chi connectivity index (χ3n) is 3.64. The summed E-state index contributed by atoms with van der Waals surface area (Å²) in [4.78, 5) is 8.18. The number of aromatic nitrogens is 3. The molecular weight excluding hydrogens is 262 g/mol. The fraction of sp³-hybridized carbons (Fsp3) is 0.176. The number of benzene rings is 1. The Morgan fingerprint density at radius 2 is 1.86 bits per heavy atom. The highest BCUT2D eigenvalue weighted by molar-refractivity contribution is 5.35. The molecule has 0 radical (unpaired) electrons. The Hall–Kier alpha value is -2.46. The van der Waals surface area contributed by atoms with Crippen molar-refractivity contribution in [2.24, 2.45) is 0 Å². The summed E-state index contributed by atoms with van der Waals surface area (Å²) in [7, 11) is 0. The van der Waals surface area contributed by atoms with Gasteiger partial charge in [-0.15, -0.1) is 0 Å². The zero-order valence-electron chi connectivity index (χ0n) is 11.8. The monoisotopic (exact) mass is 279 g/mol. The molecule has 21 heavy (non-hydrogen) atoms. The first kappa shape index (κ1) is 13.5. The summed E-state index contributed by atoms with van der Waals surface area (Å²) in [5.74, 6) is 0. The summed E-state index contributed by atoms with van der Waals surface area (Å²) in [6.45, 7) is 2.42. The van der Waals surface area contributed by atoms with E-state index in [-0.39, 0.29) is 0 Å². The highest BCUT2D eigenvalue weighted by Gasteiger charge is 2.32. The second-order valence-corrected chi connectivity index (χ2v) is 5.20. The van der Waals surface area contributed by atoms with Gasteiger partial charge < -0.3 is 9.67 Å². The normalized spacial score (nSPS) is 13.8. The molecule has 106 valence electrons. The smallest absolute Gasteiger partial charge is 0.134 e. The van der Waals surface area contributed by atoms with Gasteiger partial charge in [0, 0.05) is 30.4 Å². The van der Waals surface area contributed by atoms with Crippen molar-refractivity contribution >= 4 is 0 Å². The Balaban J connectivity index is 2.08. The van der Waals surface area contributed by atoms with Gasteiger partial charge in [0.2, 0.25) is 0 Å². The summed E-state index contributed by atoms with van der Waals surface area (Å²) in [6, 6.07) is 11.7. The van der Waals surface area contributed by atoms with Gasteiger partial charge >= 0.3 is 0 Å². The lowest BCUT2D eigenvalue weighted by molar-refractivity contribution is 0.0608. The highest BCUT2D eigenvalue weighted by atomic mass is 16.3. The van der Waals surface area contributed by atoms with E-state index in [1.54, 1.807) is 24.9 Å². The lowest BCUT2D eigenvalue weighted by atomic mass is 9.86. The van der Waals surface area contributed by atoms with Gasteiger partial charge in [-0.3, -0.25) is 4.98 Å². The molecule has 2 aromatic heterocycles. The molecule has 4 nitrogen and oxygen atoms in total. The third kappa shape index (κ3) is 2.71. The summed E-state index contributed by atoms with van der Waals surface area (Å²) < 4.78 is 1.87. The topological polar surface area (TPSA) is 50.9 Å². The van der Waals surface area contributed by atoms with Crippen LogP contribution in [0.25, 0.3) is 0 Å². The van der Waals surface area contributed by atoms with Crippen LogP contribution in [-0.4, -0.2) is 19.6 Å². The largest absolute Gasteiger partial charge is 0.378 e. The van der Waals surface area contributed by atoms with Gasteiger partial charge in [0.15, 0.2) is 0 Å². The van der Waals surface area contributed by atoms with Crippen molar-refractivity contribution in [3.05, 3.63) is 84.2 Å². The van der Waals surface area contributed by atoms with E-state index in [0.29, 0.717) is 6.54 Å². The first-order valence-electron chi connectivity index (χ1n) is 6.84. The van der Waals surface area contributed by atoms with Gasteiger partial charge in [0.25, 0.3) is 0 Å². The van der Waals surface area contributed by atoms with Gasteiger partial charge in [-0.25, -0.2) is 4.98 Å². The third-order valence-corrected chi connectivity index (χ3v) is 3.64. The van der Waals surface area contributed by atoms with E-state index in [1.807, 2.05) is 54.1 Å². The summed E-state index contributed by atoms with van der Waals surface area (Å²) >= 11 is 0. The molecule has 2 heterocycles. The molecule has 0 aliphatic carbocycles. The van der Waals surface area contributed by atoms with Crippen molar-refractivity contribution in [3.63, 3.8) is 0 Å². The predicted molar refractivity (Wildman–Crippen MR) is 80.6 cm³/mol. The molecule has 1 atom stereocenters. The maximum atomic E-state index is 11.3. The predicted octanol–water partition coefficient (Wildman–Crippen LogP) is 2.52. The van der Waals surface area contributed by atoms with Crippen molar-refractivity contribution in [1.29, 1.82) is 0 Å². The molecule has 0 aliphatic rings. The van der Waals surface area contributed by atoms with E-state index in [2.05, 4.69) is 9.97 Å². The number of imidazole rings is 1. The van der Waals surface area contributed by atoms with Crippen LogP contribution in [0.2, 0.25) is 0 Å².